The van der Waals surface area contributed by atoms with Crippen molar-refractivity contribution in [3.63, 3.8) is 0 Å². The van der Waals surface area contributed by atoms with E-state index in [0.717, 1.165) is 17.1 Å². The molecule has 0 fully saturated rings. The number of aromatic nitrogens is 2. The molecule has 1 unspecified atom stereocenters. The molecule has 0 spiro atoms. The summed E-state index contributed by atoms with van der Waals surface area (Å²) in [6.45, 7) is 8.24. The summed E-state index contributed by atoms with van der Waals surface area (Å²) in [6, 6.07) is 0.167. The lowest BCUT2D eigenvalue weighted by Gasteiger charge is -2.16. The predicted molar refractivity (Wildman–Crippen MR) is 59.6 cm³/mol. The molecule has 15 heavy (non-hydrogen) atoms. The van der Waals surface area contributed by atoms with Crippen molar-refractivity contribution in [3.8, 4) is 0 Å². The molecule has 2 atom stereocenters. The molecule has 0 saturated heterocycles. The number of nitrogens with one attached hydrogen (secondary N) is 1. The van der Waals surface area contributed by atoms with Crippen LogP contribution in [0.25, 0.3) is 0 Å². The standard InChI is InChI=1S/C11H19N3O/c1-7(15)5-12-8(2)11-6-13-10(4)14-9(11)3/h6-8,12,15H,5H2,1-4H3/t7-,8?/m0/s1. The van der Waals surface area contributed by atoms with Crippen LogP contribution in [0.3, 0.4) is 0 Å². The van der Waals surface area contributed by atoms with Crippen molar-refractivity contribution in [3.05, 3.63) is 23.3 Å². The first-order chi connectivity index (χ1) is 7.00. The van der Waals surface area contributed by atoms with E-state index in [9.17, 15) is 0 Å². The molecular weight excluding hydrogens is 190 g/mol. The minimum atomic E-state index is -0.334. The van der Waals surface area contributed by atoms with Crippen molar-refractivity contribution in [2.24, 2.45) is 0 Å². The molecule has 2 N–H and O–H groups in total. The molecule has 0 aliphatic rings. The molecule has 1 heterocycles. The fourth-order valence-corrected chi connectivity index (χ4v) is 1.47. The Bertz CT molecular complexity index is 326. The first-order valence-corrected chi connectivity index (χ1v) is 5.22. The SMILES string of the molecule is Cc1ncc(C(C)NC[C@H](C)O)c(C)n1. The van der Waals surface area contributed by atoms with Crippen LogP contribution in [-0.4, -0.2) is 27.7 Å². The molecule has 0 aliphatic heterocycles. The van der Waals surface area contributed by atoms with E-state index in [0.29, 0.717) is 6.54 Å². The van der Waals surface area contributed by atoms with Crippen molar-refractivity contribution in [1.82, 2.24) is 15.3 Å². The summed E-state index contributed by atoms with van der Waals surface area (Å²) in [6.07, 6.45) is 1.51. The molecule has 0 radical (unpaired) electrons. The average Bonchev–Trinajstić information content (AvgIpc) is 2.14. The lowest BCUT2D eigenvalue weighted by molar-refractivity contribution is 0.187. The average molecular weight is 209 g/mol. The van der Waals surface area contributed by atoms with Gasteiger partial charge in [-0.25, -0.2) is 9.97 Å². The molecule has 1 aromatic heterocycles. The smallest absolute Gasteiger partial charge is 0.125 e. The second-order valence-corrected chi connectivity index (χ2v) is 3.94. The van der Waals surface area contributed by atoms with Gasteiger partial charge in [-0.2, -0.15) is 0 Å². The summed E-state index contributed by atoms with van der Waals surface area (Å²) in [5, 5.41) is 12.4. The maximum Gasteiger partial charge on any atom is 0.125 e. The molecule has 0 bridgehead atoms. The van der Waals surface area contributed by atoms with Gasteiger partial charge in [0.05, 0.1) is 6.10 Å². The molecule has 1 aromatic rings. The van der Waals surface area contributed by atoms with E-state index in [1.54, 1.807) is 6.92 Å². The van der Waals surface area contributed by atoms with Crippen LogP contribution in [0.2, 0.25) is 0 Å². The zero-order valence-corrected chi connectivity index (χ0v) is 9.78. The highest BCUT2D eigenvalue weighted by atomic mass is 16.3. The Hall–Kier alpha value is -1.00. The Labute approximate surface area is 90.8 Å². The van der Waals surface area contributed by atoms with Crippen molar-refractivity contribution in [2.45, 2.75) is 39.8 Å². The Morgan fingerprint density at radius 3 is 2.60 bits per heavy atom. The molecule has 0 amide bonds. The van der Waals surface area contributed by atoms with E-state index >= 15 is 0 Å². The predicted octanol–water partition coefficient (Wildman–Crippen LogP) is 1.12. The van der Waals surface area contributed by atoms with Crippen LogP contribution in [-0.2, 0) is 0 Å². The van der Waals surface area contributed by atoms with Gasteiger partial charge in [0.15, 0.2) is 0 Å². The third-order valence-electron chi connectivity index (χ3n) is 2.32. The van der Waals surface area contributed by atoms with Gasteiger partial charge in [-0.1, -0.05) is 0 Å². The van der Waals surface area contributed by atoms with E-state index in [4.69, 9.17) is 5.11 Å². The number of hydrogen-bond donors (Lipinski definition) is 2. The van der Waals surface area contributed by atoms with Crippen LogP contribution in [0.5, 0.6) is 0 Å². The summed E-state index contributed by atoms with van der Waals surface area (Å²) in [5.41, 5.74) is 2.08. The zero-order valence-electron chi connectivity index (χ0n) is 9.78. The first-order valence-electron chi connectivity index (χ1n) is 5.22. The minimum absolute atomic E-state index is 0.167. The number of nitrogens with zero attached hydrogens (tertiary/aromatic N) is 2. The van der Waals surface area contributed by atoms with Crippen LogP contribution in [0, 0.1) is 13.8 Å². The van der Waals surface area contributed by atoms with Gasteiger partial charge in [0.25, 0.3) is 0 Å². The summed E-state index contributed by atoms with van der Waals surface area (Å²) >= 11 is 0. The molecule has 0 aliphatic carbocycles. The normalized spacial score (nSPS) is 15.0. The number of rotatable bonds is 4. The molecule has 4 heteroatoms. The first kappa shape index (κ1) is 12.1. The quantitative estimate of drug-likeness (QED) is 0.780. The van der Waals surface area contributed by atoms with Crippen LogP contribution >= 0.6 is 0 Å². The summed E-state index contributed by atoms with van der Waals surface area (Å²) < 4.78 is 0. The highest BCUT2D eigenvalue weighted by Gasteiger charge is 2.10. The maximum absolute atomic E-state index is 9.17. The van der Waals surface area contributed by atoms with Gasteiger partial charge >= 0.3 is 0 Å². The number of aliphatic hydroxyl groups excluding tert-OH is 1. The van der Waals surface area contributed by atoms with Crippen molar-refractivity contribution in [2.75, 3.05) is 6.54 Å². The largest absolute Gasteiger partial charge is 0.392 e. The maximum atomic E-state index is 9.17. The number of aryl methyl sites for hydroxylation is 2. The van der Waals surface area contributed by atoms with Crippen LogP contribution in [0.4, 0.5) is 0 Å². The molecular formula is C11H19N3O. The highest BCUT2D eigenvalue weighted by Crippen LogP contribution is 2.14. The van der Waals surface area contributed by atoms with Gasteiger partial charge in [0, 0.05) is 30.0 Å². The monoisotopic (exact) mass is 209 g/mol. The van der Waals surface area contributed by atoms with Crippen LogP contribution in [0.1, 0.15) is 37.0 Å². The molecule has 4 nitrogen and oxygen atoms in total. The Balaban J connectivity index is 2.69. The number of aliphatic hydroxyl groups is 1. The zero-order chi connectivity index (χ0) is 11.4. The number of hydrogen-bond acceptors (Lipinski definition) is 4. The van der Waals surface area contributed by atoms with Crippen LogP contribution in [0.15, 0.2) is 6.20 Å². The second kappa shape index (κ2) is 5.19. The van der Waals surface area contributed by atoms with Crippen molar-refractivity contribution < 1.29 is 5.11 Å². The van der Waals surface area contributed by atoms with Gasteiger partial charge in [-0.15, -0.1) is 0 Å². The Morgan fingerprint density at radius 2 is 2.07 bits per heavy atom. The van der Waals surface area contributed by atoms with E-state index < -0.39 is 0 Å². The minimum Gasteiger partial charge on any atom is -0.392 e. The highest BCUT2D eigenvalue weighted by molar-refractivity contribution is 5.19. The van der Waals surface area contributed by atoms with Crippen molar-refractivity contribution >= 4 is 0 Å². The lowest BCUT2D eigenvalue weighted by Crippen LogP contribution is -2.27. The fraction of sp³-hybridized carbons (Fsp3) is 0.636. The third kappa shape index (κ3) is 3.57. The summed E-state index contributed by atoms with van der Waals surface area (Å²) in [5.74, 6) is 0.791. The van der Waals surface area contributed by atoms with E-state index in [2.05, 4.69) is 15.3 Å². The van der Waals surface area contributed by atoms with E-state index in [1.165, 1.54) is 0 Å². The van der Waals surface area contributed by atoms with Crippen LogP contribution < -0.4 is 5.32 Å². The van der Waals surface area contributed by atoms with E-state index in [1.807, 2.05) is 27.0 Å². The van der Waals surface area contributed by atoms with Gasteiger partial charge < -0.3 is 10.4 Å². The van der Waals surface area contributed by atoms with Gasteiger partial charge in [0.1, 0.15) is 5.82 Å². The topological polar surface area (TPSA) is 58.0 Å². The summed E-state index contributed by atoms with van der Waals surface area (Å²) in [7, 11) is 0. The van der Waals surface area contributed by atoms with Crippen molar-refractivity contribution in [1.29, 1.82) is 0 Å². The lowest BCUT2D eigenvalue weighted by atomic mass is 10.1. The van der Waals surface area contributed by atoms with E-state index in [-0.39, 0.29) is 12.1 Å². The fourth-order valence-electron chi connectivity index (χ4n) is 1.47. The molecule has 84 valence electrons. The van der Waals surface area contributed by atoms with Gasteiger partial charge in [0.2, 0.25) is 0 Å². The molecule has 0 aromatic carbocycles. The molecule has 1 rings (SSSR count). The Morgan fingerprint density at radius 1 is 1.40 bits per heavy atom. The summed E-state index contributed by atoms with van der Waals surface area (Å²) in [4.78, 5) is 8.48. The van der Waals surface area contributed by atoms with Gasteiger partial charge in [-0.3, -0.25) is 0 Å². The van der Waals surface area contributed by atoms with Gasteiger partial charge in [-0.05, 0) is 27.7 Å². The second-order valence-electron chi connectivity index (χ2n) is 3.94. The third-order valence-corrected chi connectivity index (χ3v) is 2.32. The molecule has 0 saturated carbocycles. The Kier molecular flexibility index (Phi) is 4.17.